The van der Waals surface area contributed by atoms with Gasteiger partial charge < -0.3 is 39.9 Å². The number of para-hydroxylation sites is 1. The lowest BCUT2D eigenvalue weighted by Gasteiger charge is -2.25. The van der Waals surface area contributed by atoms with Crippen LogP contribution in [0.1, 0.15) is 36.9 Å². The van der Waals surface area contributed by atoms with Gasteiger partial charge in [-0.1, -0.05) is 35.3 Å². The molecular formula is C35H40Cl2N6O10S. The van der Waals surface area contributed by atoms with Crippen molar-refractivity contribution in [2.24, 2.45) is 0 Å². The zero-order chi connectivity index (χ0) is 39.2. The van der Waals surface area contributed by atoms with Crippen molar-refractivity contribution in [1.29, 1.82) is 0 Å². The van der Waals surface area contributed by atoms with Gasteiger partial charge in [0.25, 0.3) is 0 Å². The van der Waals surface area contributed by atoms with E-state index in [2.05, 4.69) is 15.2 Å². The van der Waals surface area contributed by atoms with Gasteiger partial charge in [0, 0.05) is 53.7 Å². The Labute approximate surface area is 320 Å². The zero-order valence-electron chi connectivity index (χ0n) is 29.1. The maximum absolute atomic E-state index is 13.9. The summed E-state index contributed by atoms with van der Waals surface area (Å²) in [7, 11) is -4.10. The number of carboxylic acid groups (broad SMARTS) is 2. The molecule has 0 saturated carbocycles. The number of carboxylic acids is 2. The molecule has 3 atom stereocenters. The van der Waals surface area contributed by atoms with Crippen LogP contribution in [0, 0.1) is 6.92 Å². The minimum atomic E-state index is -4.10. The van der Waals surface area contributed by atoms with Crippen molar-refractivity contribution < 1.29 is 48.0 Å². The van der Waals surface area contributed by atoms with Gasteiger partial charge in [0.05, 0.1) is 17.0 Å². The fraction of sp³-hybridized carbons (Fsp3) is 0.400. The first-order valence-electron chi connectivity index (χ1n) is 17.0. The van der Waals surface area contributed by atoms with Crippen LogP contribution in [0.2, 0.25) is 10.0 Å². The number of ether oxygens (including phenoxy) is 1. The molecule has 0 spiro atoms. The molecule has 1 amide bonds. The van der Waals surface area contributed by atoms with E-state index in [1.165, 1.54) is 29.3 Å². The molecule has 2 aliphatic heterocycles. The van der Waals surface area contributed by atoms with E-state index >= 15 is 0 Å². The van der Waals surface area contributed by atoms with Crippen LogP contribution in [0.3, 0.4) is 0 Å². The third-order valence-electron chi connectivity index (χ3n) is 9.04. The van der Waals surface area contributed by atoms with E-state index in [9.17, 15) is 22.8 Å². The van der Waals surface area contributed by atoms with Gasteiger partial charge in [-0.2, -0.15) is 4.31 Å². The summed E-state index contributed by atoms with van der Waals surface area (Å²) >= 11 is 13.3. The van der Waals surface area contributed by atoms with E-state index in [1.807, 2.05) is 35.9 Å². The van der Waals surface area contributed by atoms with Crippen molar-refractivity contribution in [2.75, 3.05) is 32.7 Å². The molecule has 0 bridgehead atoms. The highest BCUT2D eigenvalue weighted by molar-refractivity contribution is 7.89. The molecule has 6 rings (SSSR count). The highest BCUT2D eigenvalue weighted by Crippen LogP contribution is 2.37. The van der Waals surface area contributed by atoms with E-state index in [4.69, 9.17) is 53.3 Å². The number of sulfonamides is 1. The van der Waals surface area contributed by atoms with Crippen molar-refractivity contribution in [2.45, 2.75) is 62.4 Å². The number of hydrogen-bond acceptors (Lipinski definition) is 11. The number of carbonyl (C=O) groups excluding carboxylic acids is 1. The van der Waals surface area contributed by atoms with E-state index in [-0.39, 0.29) is 34.0 Å². The van der Waals surface area contributed by atoms with Crippen molar-refractivity contribution in [3.63, 3.8) is 0 Å². The lowest BCUT2D eigenvalue weighted by Crippen LogP contribution is -2.47. The Morgan fingerprint density at radius 1 is 1.02 bits per heavy atom. The van der Waals surface area contributed by atoms with Crippen LogP contribution in [0.5, 0.6) is 5.75 Å². The summed E-state index contributed by atoms with van der Waals surface area (Å²) < 4.78 is 37.2. The number of hydrogen-bond donors (Lipinski definition) is 5. The molecular weight excluding hydrogens is 767 g/mol. The number of aryl methyl sites for hydroxylation is 1. The first-order valence-corrected chi connectivity index (χ1v) is 19.2. The minimum Gasteiger partial charge on any atom is -0.487 e. The zero-order valence-corrected chi connectivity index (χ0v) is 31.5. The van der Waals surface area contributed by atoms with Crippen LogP contribution < -0.4 is 10.1 Å². The number of amides is 1. The summed E-state index contributed by atoms with van der Waals surface area (Å²) in [6, 6.07) is 9.68. The molecule has 2 unspecified atom stereocenters. The van der Waals surface area contributed by atoms with Gasteiger partial charge in [-0.05, 0) is 70.0 Å². The Hall–Kier alpha value is -4.36. The molecule has 19 heteroatoms. The molecule has 290 valence electrons. The van der Waals surface area contributed by atoms with E-state index in [0.717, 1.165) is 36.4 Å². The quantitative estimate of drug-likeness (QED) is 0.131. The Kier molecular flexibility index (Phi) is 13.5. The number of benzene rings is 2. The molecule has 0 aliphatic carbocycles. The number of likely N-dealkylation sites (tertiary alicyclic amines) is 1. The van der Waals surface area contributed by atoms with Gasteiger partial charge in [-0.3, -0.25) is 4.79 Å². The summed E-state index contributed by atoms with van der Waals surface area (Å²) in [5, 5.41) is 36.6. The number of nitrogens with one attached hydrogen (secondary N) is 1. The lowest BCUT2D eigenvalue weighted by atomic mass is 10.1. The number of halogens is 2. The van der Waals surface area contributed by atoms with Crippen LogP contribution in [-0.4, -0.2) is 121 Å². The van der Waals surface area contributed by atoms with Gasteiger partial charge in [0.2, 0.25) is 15.9 Å². The summed E-state index contributed by atoms with van der Waals surface area (Å²) in [4.78, 5) is 43.7. The topological polar surface area (TPSA) is 225 Å². The highest BCUT2D eigenvalue weighted by atomic mass is 35.5. The SMILES string of the molecule is Cc1cc(-n2ccnc2)c2cccc(OCc3c(Cl)ccc(S(=O)(=O)N4CCC[C@H]4C(=O)NCCN4CCCC4)c3Cl)c2n1.O=C(O)C(O)C(O)C(=O)O. The number of aliphatic hydroxyl groups is 2. The maximum atomic E-state index is 13.9. The number of pyridine rings is 1. The number of aromatic nitrogens is 3. The van der Waals surface area contributed by atoms with Crippen molar-refractivity contribution in [3.8, 4) is 11.4 Å². The fourth-order valence-corrected chi connectivity index (χ4v) is 8.79. The summed E-state index contributed by atoms with van der Waals surface area (Å²) in [6.45, 7) is 5.35. The number of nitrogens with zero attached hydrogens (tertiary/aromatic N) is 5. The number of rotatable bonds is 13. The molecule has 2 aliphatic rings. The second-order valence-corrected chi connectivity index (χ2v) is 15.4. The number of fused-ring (bicyclic) bond motifs is 1. The molecule has 2 fully saturated rings. The third kappa shape index (κ3) is 9.29. The minimum absolute atomic E-state index is 0.0268. The van der Waals surface area contributed by atoms with Gasteiger partial charge >= 0.3 is 11.9 Å². The molecule has 2 aromatic heterocycles. The Morgan fingerprint density at radius 2 is 1.72 bits per heavy atom. The van der Waals surface area contributed by atoms with Gasteiger partial charge in [-0.15, -0.1) is 0 Å². The normalized spacial score (nSPS) is 17.5. The van der Waals surface area contributed by atoms with E-state index < -0.39 is 40.2 Å². The predicted octanol–water partition coefficient (Wildman–Crippen LogP) is 2.86. The Morgan fingerprint density at radius 3 is 2.37 bits per heavy atom. The van der Waals surface area contributed by atoms with Gasteiger partial charge in [0.1, 0.15) is 28.8 Å². The second kappa shape index (κ2) is 17.9. The average Bonchev–Trinajstić information content (AvgIpc) is 3.95. The summed E-state index contributed by atoms with van der Waals surface area (Å²) in [5.74, 6) is -3.32. The van der Waals surface area contributed by atoms with Crippen molar-refractivity contribution in [1.82, 2.24) is 29.1 Å². The molecule has 54 heavy (non-hydrogen) atoms. The number of aliphatic hydroxyl groups excluding tert-OH is 2. The fourth-order valence-electron chi connectivity index (χ4n) is 6.27. The molecule has 2 aromatic carbocycles. The van der Waals surface area contributed by atoms with Crippen molar-refractivity contribution in [3.05, 3.63) is 76.4 Å². The number of aliphatic carboxylic acids is 2. The van der Waals surface area contributed by atoms with E-state index in [0.29, 0.717) is 36.2 Å². The molecule has 4 aromatic rings. The molecule has 16 nitrogen and oxygen atoms in total. The maximum Gasteiger partial charge on any atom is 0.335 e. The van der Waals surface area contributed by atoms with Crippen LogP contribution in [0.25, 0.3) is 16.6 Å². The average molecular weight is 808 g/mol. The second-order valence-electron chi connectivity index (χ2n) is 12.7. The van der Waals surface area contributed by atoms with Crippen LogP contribution in [-0.2, 0) is 31.0 Å². The van der Waals surface area contributed by atoms with E-state index in [1.54, 1.807) is 18.6 Å². The lowest BCUT2D eigenvalue weighted by molar-refractivity contribution is -0.165. The van der Waals surface area contributed by atoms with Crippen LogP contribution >= 0.6 is 23.2 Å². The molecule has 2 saturated heterocycles. The number of carbonyl (C=O) groups is 3. The number of imidazole rings is 1. The van der Waals surface area contributed by atoms with Gasteiger partial charge in [0.15, 0.2) is 12.2 Å². The predicted molar refractivity (Wildman–Crippen MR) is 197 cm³/mol. The highest BCUT2D eigenvalue weighted by Gasteiger charge is 2.40. The molecule has 0 radical (unpaired) electrons. The third-order valence-corrected chi connectivity index (χ3v) is 11.9. The van der Waals surface area contributed by atoms with Crippen LogP contribution in [0.4, 0.5) is 0 Å². The molecule has 5 N–H and O–H groups in total. The Bertz CT molecular complexity index is 2080. The summed E-state index contributed by atoms with van der Waals surface area (Å²) in [5.41, 5.74) is 2.67. The first-order chi connectivity index (χ1) is 25.7. The Balaban J connectivity index is 0.000000493. The summed E-state index contributed by atoms with van der Waals surface area (Å²) in [6.07, 6.45) is 4.12. The van der Waals surface area contributed by atoms with Gasteiger partial charge in [-0.25, -0.2) is 28.0 Å². The smallest absolute Gasteiger partial charge is 0.335 e. The largest absolute Gasteiger partial charge is 0.487 e. The van der Waals surface area contributed by atoms with Crippen LogP contribution in [0.15, 0.2) is 60.0 Å². The van der Waals surface area contributed by atoms with Crippen molar-refractivity contribution >= 4 is 62.0 Å². The standard InChI is InChI=1S/C31H34Cl2N6O4S.C4H6O6/c1-21-18-26(38-17-11-34-20-38)22-6-4-8-27(30(22)36-21)43-19-23-24(32)9-10-28(29(23)33)44(41,42)39-15-5-7-25(39)31(40)35-12-16-37-13-2-3-14-37;5-1(3(7)8)2(6)4(9)10/h4,6,8-11,17-18,20,25H,2-3,5,7,12-16,19H2,1H3,(H,35,40);1-2,5-6H,(H,7,8)(H,9,10)/t25-;/m0./s1. The molecule has 4 heterocycles. The first kappa shape index (κ1) is 40.8. The monoisotopic (exact) mass is 806 g/mol.